The molecule has 0 bridgehead atoms. The van der Waals surface area contributed by atoms with E-state index in [0.29, 0.717) is 12.8 Å². The monoisotopic (exact) mass is 730 g/mol. The van der Waals surface area contributed by atoms with Gasteiger partial charge in [0.05, 0.1) is 12.2 Å². The average Bonchev–Trinajstić information content (AvgIpc) is 3.08. The van der Waals surface area contributed by atoms with Gasteiger partial charge in [0, 0.05) is 6.42 Å². The Morgan fingerprint density at radius 1 is 0.792 bits per heavy atom. The molecule has 0 saturated carbocycles. The highest BCUT2D eigenvalue weighted by atomic mass is 16.7. The Kier molecular flexibility index (Phi) is 19.0. The zero-order chi connectivity index (χ0) is 39.8. The molecule has 1 saturated heterocycles. The van der Waals surface area contributed by atoms with Crippen LogP contribution in [0.2, 0.25) is 0 Å². The minimum Gasteiger partial charge on any atom is -0.394 e. The van der Waals surface area contributed by atoms with Gasteiger partial charge in [-0.05, 0) is 97.6 Å². The van der Waals surface area contributed by atoms with Gasteiger partial charge in [-0.1, -0.05) is 133 Å². The second-order valence-electron chi connectivity index (χ2n) is 15.7. The van der Waals surface area contributed by atoms with Crippen LogP contribution in [0.25, 0.3) is 0 Å². The highest BCUT2D eigenvalue weighted by Crippen LogP contribution is 2.39. The molecule has 292 valence electrons. The summed E-state index contributed by atoms with van der Waals surface area (Å²) in [5.41, 5.74) is 7.20. The lowest BCUT2D eigenvalue weighted by Crippen LogP contribution is -2.60. The summed E-state index contributed by atoms with van der Waals surface area (Å²) in [7, 11) is 0. The first-order valence-electron chi connectivity index (χ1n) is 18.8. The van der Waals surface area contributed by atoms with Crippen molar-refractivity contribution in [2.45, 2.75) is 138 Å². The lowest BCUT2D eigenvalue weighted by Gasteiger charge is -2.42. The van der Waals surface area contributed by atoms with Crippen LogP contribution < -0.4 is 0 Å². The third-order valence-corrected chi connectivity index (χ3v) is 9.68. The van der Waals surface area contributed by atoms with Gasteiger partial charge >= 0.3 is 0 Å². The topological polar surface area (TPSA) is 116 Å². The van der Waals surface area contributed by atoms with E-state index in [-0.39, 0.29) is 11.2 Å². The molecule has 5 atom stereocenters. The van der Waals surface area contributed by atoms with E-state index in [1.165, 1.54) is 5.57 Å². The molecule has 0 radical (unpaired) electrons. The number of Topliss-reactive ketones (excluding diaryl/α,β-unsaturated/α-hetero) is 1. The highest BCUT2D eigenvalue weighted by molar-refractivity contribution is 5.97. The van der Waals surface area contributed by atoms with E-state index in [2.05, 4.69) is 115 Å². The second-order valence-corrected chi connectivity index (χ2v) is 15.7. The Morgan fingerprint density at radius 3 is 1.85 bits per heavy atom. The molecular weight excluding hydrogens is 664 g/mol. The summed E-state index contributed by atoms with van der Waals surface area (Å²) in [4.78, 5) is 12.2. The number of ether oxygens (including phenoxy) is 2. The van der Waals surface area contributed by atoms with Crippen molar-refractivity contribution in [3.05, 3.63) is 130 Å². The molecule has 2 aliphatic rings. The van der Waals surface area contributed by atoms with Gasteiger partial charge < -0.3 is 29.9 Å². The number of hydrogen-bond donors (Lipinski definition) is 4. The number of ketones is 1. The Morgan fingerprint density at radius 2 is 1.30 bits per heavy atom. The first-order chi connectivity index (χ1) is 24.9. The Hall–Kier alpha value is -3.43. The van der Waals surface area contributed by atoms with Gasteiger partial charge in [-0.15, -0.1) is 0 Å². The number of carbonyl (C=O) groups excluding carboxylic acids is 1. The van der Waals surface area contributed by atoms with E-state index in [1.807, 2.05) is 45.1 Å². The molecule has 0 aromatic carbocycles. The lowest BCUT2D eigenvalue weighted by molar-refractivity contribution is -0.323. The molecule has 0 amide bonds. The Labute approximate surface area is 319 Å². The lowest BCUT2D eigenvalue weighted by atomic mass is 9.72. The van der Waals surface area contributed by atoms with Crippen LogP contribution in [-0.4, -0.2) is 69.1 Å². The van der Waals surface area contributed by atoms with E-state index in [1.54, 1.807) is 0 Å². The first kappa shape index (κ1) is 45.7. The molecule has 0 spiro atoms. The van der Waals surface area contributed by atoms with E-state index in [4.69, 9.17) is 9.47 Å². The maximum absolute atomic E-state index is 12.2. The molecule has 2 rings (SSSR count). The van der Waals surface area contributed by atoms with Crippen molar-refractivity contribution in [3.63, 3.8) is 0 Å². The van der Waals surface area contributed by atoms with Crippen LogP contribution in [0, 0.1) is 5.41 Å². The van der Waals surface area contributed by atoms with Crippen LogP contribution in [0.1, 0.15) is 101 Å². The van der Waals surface area contributed by atoms with Crippen molar-refractivity contribution in [3.8, 4) is 0 Å². The quantitative estimate of drug-likeness (QED) is 0.110. The third-order valence-electron chi connectivity index (χ3n) is 9.68. The molecule has 1 aliphatic heterocycles. The second kappa shape index (κ2) is 22.1. The van der Waals surface area contributed by atoms with Crippen LogP contribution in [0.3, 0.4) is 0 Å². The fraction of sp³-hybridized carbons (Fsp3) is 0.500. The van der Waals surface area contributed by atoms with Crippen LogP contribution in [0.15, 0.2) is 130 Å². The summed E-state index contributed by atoms with van der Waals surface area (Å²) in [6, 6.07) is 0. The summed E-state index contributed by atoms with van der Waals surface area (Å²) in [5.74, 6) is 0.260. The number of carbonyl (C=O) groups is 1. The van der Waals surface area contributed by atoms with Crippen molar-refractivity contribution < 1.29 is 34.7 Å². The molecule has 1 fully saturated rings. The van der Waals surface area contributed by atoms with Crippen molar-refractivity contribution >= 4 is 5.78 Å². The van der Waals surface area contributed by atoms with E-state index in [9.17, 15) is 25.2 Å². The fourth-order valence-electron chi connectivity index (χ4n) is 6.09. The number of aliphatic hydroxyl groups excluding tert-OH is 4. The first-order valence-corrected chi connectivity index (χ1v) is 18.8. The van der Waals surface area contributed by atoms with Crippen molar-refractivity contribution in [2.75, 3.05) is 6.61 Å². The van der Waals surface area contributed by atoms with Gasteiger partial charge in [-0.3, -0.25) is 4.79 Å². The van der Waals surface area contributed by atoms with Crippen LogP contribution in [-0.2, 0) is 14.3 Å². The number of aliphatic hydroxyl groups is 4. The number of allylic oxidation sites excluding steroid dienone is 22. The summed E-state index contributed by atoms with van der Waals surface area (Å²) in [5, 5.41) is 39.7. The fourth-order valence-corrected chi connectivity index (χ4v) is 6.09. The molecule has 0 aromatic rings. The normalized spacial score (nSPS) is 26.2. The summed E-state index contributed by atoms with van der Waals surface area (Å²) in [6.45, 7) is 20.0. The molecular formula is C46H66O7. The SMILES string of the molecule is CC1=C(/C=C/C(C)=C/C=C/C(C)=C/C=C/C=C(C)/C=C/C=C(C)/C=C/C=C(\C)CCCC(C)(C)O[C@@H]2O[C@H](CO)[C@@H](O)[C@H](O)[C@H]2O)C(C)(C)CCC1=O. The van der Waals surface area contributed by atoms with Gasteiger partial charge in [-0.2, -0.15) is 0 Å². The van der Waals surface area contributed by atoms with E-state index in [0.717, 1.165) is 52.7 Å². The van der Waals surface area contributed by atoms with Crippen molar-refractivity contribution in [1.82, 2.24) is 0 Å². The standard InChI is InChI=1S/C46H66O7/c1-32(17-11-12-18-33(2)20-15-24-36(5)26-27-38-37(6)39(48)28-30-45(38,7)8)19-13-21-34(3)22-14-23-35(4)25-16-29-46(9,10)53-44-43(51)42(50)41(49)40(31-47)52-44/h11-15,17-24,26-27,40-44,47,49-51H,16,25,28-31H2,1-10H3/b12-11+,19-13+,20-15+,22-14+,27-26+,32-17+,33-18+,34-21+,35-23+,36-24+/t40-,41-,42+,43-,44+/m1/s1. The zero-order valence-corrected chi connectivity index (χ0v) is 33.8. The largest absolute Gasteiger partial charge is 0.394 e. The minimum atomic E-state index is -1.45. The molecule has 0 unspecified atom stereocenters. The Balaban J connectivity index is 1.79. The van der Waals surface area contributed by atoms with Crippen LogP contribution >= 0.6 is 0 Å². The molecule has 1 aliphatic carbocycles. The van der Waals surface area contributed by atoms with Gasteiger partial charge in [0.2, 0.25) is 0 Å². The summed E-state index contributed by atoms with van der Waals surface area (Å²) in [6.07, 6.45) is 28.6. The number of rotatable bonds is 17. The smallest absolute Gasteiger partial charge is 0.187 e. The molecule has 0 aromatic heterocycles. The van der Waals surface area contributed by atoms with Gasteiger partial charge in [0.25, 0.3) is 0 Å². The molecule has 4 N–H and O–H groups in total. The predicted octanol–water partition coefficient (Wildman–Crippen LogP) is 8.97. The molecule has 7 nitrogen and oxygen atoms in total. The number of hydrogen-bond acceptors (Lipinski definition) is 7. The predicted molar refractivity (Wildman–Crippen MR) is 218 cm³/mol. The molecule has 1 heterocycles. The maximum atomic E-state index is 12.2. The van der Waals surface area contributed by atoms with E-state index < -0.39 is 42.9 Å². The van der Waals surface area contributed by atoms with Gasteiger partial charge in [0.15, 0.2) is 12.1 Å². The van der Waals surface area contributed by atoms with Gasteiger partial charge in [-0.25, -0.2) is 0 Å². The molecule has 53 heavy (non-hydrogen) atoms. The van der Waals surface area contributed by atoms with Gasteiger partial charge in [0.1, 0.15) is 24.4 Å². The minimum absolute atomic E-state index is 0.0248. The zero-order valence-electron chi connectivity index (χ0n) is 33.8. The van der Waals surface area contributed by atoms with E-state index >= 15 is 0 Å². The summed E-state index contributed by atoms with van der Waals surface area (Å²) >= 11 is 0. The summed E-state index contributed by atoms with van der Waals surface area (Å²) < 4.78 is 11.4. The van der Waals surface area contributed by atoms with Crippen molar-refractivity contribution in [2.24, 2.45) is 5.41 Å². The third kappa shape index (κ3) is 16.2. The Bertz CT molecular complexity index is 1570. The molecule has 7 heteroatoms. The van der Waals surface area contributed by atoms with Crippen LogP contribution in [0.4, 0.5) is 0 Å². The average molecular weight is 731 g/mol. The highest BCUT2D eigenvalue weighted by Gasteiger charge is 2.45. The maximum Gasteiger partial charge on any atom is 0.187 e. The van der Waals surface area contributed by atoms with Crippen LogP contribution in [0.5, 0.6) is 0 Å². The van der Waals surface area contributed by atoms with Crippen molar-refractivity contribution in [1.29, 1.82) is 0 Å².